The first-order chi connectivity index (χ1) is 17.8. The second-order valence-electron chi connectivity index (χ2n) is 8.92. The van der Waals surface area contributed by atoms with Crippen LogP contribution in [0.5, 0.6) is 5.75 Å². The Kier molecular flexibility index (Phi) is 7.19. The van der Waals surface area contributed by atoms with Gasteiger partial charge in [0, 0.05) is 56.1 Å². The summed E-state index contributed by atoms with van der Waals surface area (Å²) >= 11 is 12.7. The van der Waals surface area contributed by atoms with Crippen LogP contribution in [0.15, 0.2) is 52.0 Å². The fourth-order valence-electron chi connectivity index (χ4n) is 4.41. The van der Waals surface area contributed by atoms with Crippen LogP contribution >= 0.6 is 23.2 Å². The topological polar surface area (TPSA) is 93.7 Å². The zero-order valence-corrected chi connectivity index (χ0v) is 21.9. The van der Waals surface area contributed by atoms with Crippen LogP contribution in [0.3, 0.4) is 0 Å². The van der Waals surface area contributed by atoms with Gasteiger partial charge in [-0.25, -0.2) is 4.98 Å². The minimum absolute atomic E-state index is 0.130. The van der Waals surface area contributed by atoms with Gasteiger partial charge in [0.1, 0.15) is 18.6 Å². The summed E-state index contributed by atoms with van der Waals surface area (Å²) in [5.41, 5.74) is 2.27. The van der Waals surface area contributed by atoms with Crippen molar-refractivity contribution in [3.63, 3.8) is 0 Å². The lowest BCUT2D eigenvalue weighted by molar-refractivity contribution is 0.0619. The maximum Gasteiger partial charge on any atom is 0.257 e. The van der Waals surface area contributed by atoms with Crippen LogP contribution in [0.4, 0.5) is 0 Å². The second kappa shape index (κ2) is 10.5. The lowest BCUT2D eigenvalue weighted by Gasteiger charge is -2.34. The number of nitrogens with zero attached hydrogens (tertiary/aromatic N) is 5. The monoisotopic (exact) mass is 541 g/mol. The molecular formula is C26H25Cl2N5O4. The molecule has 1 aromatic carbocycles. The minimum Gasteiger partial charge on any atom is -0.482 e. The lowest BCUT2D eigenvalue weighted by Crippen LogP contribution is -2.48. The molecule has 4 heterocycles. The van der Waals surface area contributed by atoms with Crippen LogP contribution in [-0.2, 0) is 20.2 Å². The molecule has 0 unspecified atom stereocenters. The molecule has 0 saturated carbocycles. The Labute approximate surface area is 223 Å². The van der Waals surface area contributed by atoms with Gasteiger partial charge in [0.2, 0.25) is 11.2 Å². The highest BCUT2D eigenvalue weighted by Crippen LogP contribution is 2.29. The molecule has 1 fully saturated rings. The van der Waals surface area contributed by atoms with Gasteiger partial charge in [0.25, 0.3) is 5.91 Å². The number of rotatable bonds is 6. The Morgan fingerprint density at radius 2 is 1.92 bits per heavy atom. The molecule has 0 spiro atoms. The van der Waals surface area contributed by atoms with E-state index in [0.717, 1.165) is 11.3 Å². The van der Waals surface area contributed by atoms with Gasteiger partial charge in [-0.05, 0) is 13.0 Å². The number of halogens is 2. The molecule has 37 heavy (non-hydrogen) atoms. The first kappa shape index (κ1) is 25.3. The summed E-state index contributed by atoms with van der Waals surface area (Å²) in [6, 6.07) is 8.74. The molecule has 11 heteroatoms. The Morgan fingerprint density at radius 1 is 1.16 bits per heavy atom. The Balaban J connectivity index is 1.18. The predicted octanol–water partition coefficient (Wildman–Crippen LogP) is 4.07. The fraction of sp³-hybridized carbons (Fsp3) is 0.308. The molecule has 1 amide bonds. The highest BCUT2D eigenvalue weighted by atomic mass is 35.5. The van der Waals surface area contributed by atoms with E-state index in [0.29, 0.717) is 65.1 Å². The summed E-state index contributed by atoms with van der Waals surface area (Å²) in [5, 5.41) is 6.00. The van der Waals surface area contributed by atoms with Crippen LogP contribution in [0, 0.1) is 6.92 Å². The van der Waals surface area contributed by atoms with Gasteiger partial charge in [-0.15, -0.1) is 0 Å². The predicted molar refractivity (Wildman–Crippen MR) is 140 cm³/mol. The number of aryl methyl sites for hydroxylation is 2. The van der Waals surface area contributed by atoms with Crippen molar-refractivity contribution in [2.45, 2.75) is 20.1 Å². The van der Waals surface area contributed by atoms with E-state index in [1.165, 1.54) is 18.5 Å². The zero-order chi connectivity index (χ0) is 26.1. The normalized spacial score (nSPS) is 14.3. The van der Waals surface area contributed by atoms with Gasteiger partial charge in [-0.2, -0.15) is 5.10 Å². The number of benzene rings is 1. The van der Waals surface area contributed by atoms with E-state index < -0.39 is 0 Å². The number of piperazine rings is 1. The van der Waals surface area contributed by atoms with E-state index in [4.69, 9.17) is 32.4 Å². The maximum atomic E-state index is 13.2. The maximum absolute atomic E-state index is 13.2. The molecule has 4 aromatic rings. The van der Waals surface area contributed by atoms with Crippen molar-refractivity contribution in [1.82, 2.24) is 24.6 Å². The molecule has 192 valence electrons. The van der Waals surface area contributed by atoms with Gasteiger partial charge < -0.3 is 14.1 Å². The largest absolute Gasteiger partial charge is 0.482 e. The van der Waals surface area contributed by atoms with Crippen molar-refractivity contribution in [1.29, 1.82) is 0 Å². The molecule has 9 nitrogen and oxygen atoms in total. The number of aromatic nitrogens is 3. The number of hydrogen-bond acceptors (Lipinski definition) is 7. The third kappa shape index (κ3) is 5.20. The van der Waals surface area contributed by atoms with E-state index in [1.807, 2.05) is 25.1 Å². The van der Waals surface area contributed by atoms with E-state index in [2.05, 4.69) is 15.0 Å². The Bertz CT molecular complexity index is 1530. The average molecular weight is 542 g/mol. The third-order valence-corrected chi connectivity index (χ3v) is 7.19. The first-order valence-corrected chi connectivity index (χ1v) is 12.5. The molecule has 0 atom stereocenters. The number of amides is 1. The summed E-state index contributed by atoms with van der Waals surface area (Å²) in [4.78, 5) is 34.0. The second-order valence-corrected chi connectivity index (χ2v) is 9.70. The van der Waals surface area contributed by atoms with Gasteiger partial charge in [0.05, 0.1) is 28.2 Å². The summed E-state index contributed by atoms with van der Waals surface area (Å²) in [6.07, 6.45) is 2.85. The Morgan fingerprint density at radius 3 is 2.65 bits per heavy atom. The van der Waals surface area contributed by atoms with Crippen molar-refractivity contribution in [2.24, 2.45) is 7.05 Å². The van der Waals surface area contributed by atoms with Crippen molar-refractivity contribution in [3.8, 4) is 5.75 Å². The quantitative estimate of drug-likeness (QED) is 0.363. The molecule has 0 bridgehead atoms. The van der Waals surface area contributed by atoms with Crippen molar-refractivity contribution in [2.75, 3.05) is 26.2 Å². The van der Waals surface area contributed by atoms with Gasteiger partial charge in [-0.3, -0.25) is 19.2 Å². The van der Waals surface area contributed by atoms with E-state index in [1.54, 1.807) is 22.7 Å². The van der Waals surface area contributed by atoms with Crippen LogP contribution < -0.4 is 10.2 Å². The van der Waals surface area contributed by atoms with Crippen molar-refractivity contribution < 1.29 is 13.9 Å². The standard InChI is InChI=1S/C26H25Cl2N5O4/c1-16-23-24(28)19(12-29-25(23)31(2)30-16)26(35)33-9-7-32(8-10-33)13-18-11-21(34)22(15-36-18)37-14-17-5-3-4-6-20(17)27/h3-6,11-12,15H,7-10,13-14H2,1-2H3. The fourth-order valence-corrected chi connectivity index (χ4v) is 4.96. The number of ether oxygens (including phenoxy) is 1. The van der Waals surface area contributed by atoms with E-state index >= 15 is 0 Å². The van der Waals surface area contributed by atoms with Crippen LogP contribution in [-0.4, -0.2) is 56.7 Å². The number of fused-ring (bicyclic) bond motifs is 1. The number of carbonyl (C=O) groups excluding carboxylic acids is 1. The molecule has 0 N–H and O–H groups in total. The molecule has 1 aliphatic heterocycles. The highest BCUT2D eigenvalue weighted by molar-refractivity contribution is 6.38. The van der Waals surface area contributed by atoms with Gasteiger partial charge in [-0.1, -0.05) is 41.4 Å². The zero-order valence-electron chi connectivity index (χ0n) is 20.4. The molecule has 1 saturated heterocycles. The molecular weight excluding hydrogens is 517 g/mol. The molecule has 1 aliphatic rings. The molecule has 3 aromatic heterocycles. The highest BCUT2D eigenvalue weighted by Gasteiger charge is 2.26. The average Bonchev–Trinajstić information content (AvgIpc) is 3.18. The molecule has 0 radical (unpaired) electrons. The molecule has 5 rings (SSSR count). The number of pyridine rings is 1. The summed E-state index contributed by atoms with van der Waals surface area (Å²) in [6.45, 7) is 4.75. The first-order valence-electron chi connectivity index (χ1n) is 11.8. The smallest absolute Gasteiger partial charge is 0.257 e. The van der Waals surface area contributed by atoms with Gasteiger partial charge in [0.15, 0.2) is 5.65 Å². The summed E-state index contributed by atoms with van der Waals surface area (Å²) < 4.78 is 12.9. The van der Waals surface area contributed by atoms with E-state index in [-0.39, 0.29) is 23.7 Å². The number of carbonyl (C=O) groups is 1. The summed E-state index contributed by atoms with van der Waals surface area (Å²) in [7, 11) is 1.79. The minimum atomic E-state index is -0.259. The number of hydrogen-bond donors (Lipinski definition) is 0. The Hall–Kier alpha value is -3.40. The van der Waals surface area contributed by atoms with Crippen LogP contribution in [0.2, 0.25) is 10.0 Å². The van der Waals surface area contributed by atoms with Crippen molar-refractivity contribution >= 4 is 40.1 Å². The van der Waals surface area contributed by atoms with E-state index in [9.17, 15) is 9.59 Å². The van der Waals surface area contributed by atoms with Crippen LogP contribution in [0.1, 0.15) is 27.4 Å². The lowest BCUT2D eigenvalue weighted by atomic mass is 10.1. The third-order valence-electron chi connectivity index (χ3n) is 6.43. The SMILES string of the molecule is Cc1nn(C)c2ncc(C(=O)N3CCN(Cc4cc(=O)c(OCc5ccccc5Cl)co4)CC3)c(Cl)c12. The summed E-state index contributed by atoms with van der Waals surface area (Å²) in [5.74, 6) is 0.499. The molecule has 0 aliphatic carbocycles. The van der Waals surface area contributed by atoms with Gasteiger partial charge >= 0.3 is 0 Å². The van der Waals surface area contributed by atoms with Crippen LogP contribution in [0.25, 0.3) is 11.0 Å². The van der Waals surface area contributed by atoms with Crippen molar-refractivity contribution in [3.05, 3.63) is 85.6 Å².